The van der Waals surface area contributed by atoms with Crippen molar-refractivity contribution in [1.29, 1.82) is 0 Å². The molecule has 0 saturated heterocycles. The monoisotopic (exact) mass is 304 g/mol. The molecule has 1 aliphatic rings. The van der Waals surface area contributed by atoms with Crippen LogP contribution in [0.2, 0.25) is 0 Å². The first-order chi connectivity index (χ1) is 10.4. The molecule has 1 aliphatic carbocycles. The summed E-state index contributed by atoms with van der Waals surface area (Å²) in [6.45, 7) is 4.10. The summed E-state index contributed by atoms with van der Waals surface area (Å²) in [5.74, 6) is 2.54. The van der Waals surface area contributed by atoms with Crippen LogP contribution in [0.3, 0.4) is 0 Å². The molecule has 4 nitrogen and oxygen atoms in total. The van der Waals surface area contributed by atoms with Crippen LogP contribution in [0, 0.1) is 5.92 Å². The van der Waals surface area contributed by atoms with Crippen molar-refractivity contribution in [3.05, 3.63) is 11.4 Å². The number of hydrogen-bond donors (Lipinski definition) is 2. The predicted molar refractivity (Wildman–Crippen MR) is 91.3 cm³/mol. The van der Waals surface area contributed by atoms with E-state index in [1.807, 2.05) is 0 Å². The van der Waals surface area contributed by atoms with E-state index in [1.54, 1.807) is 11.3 Å². The Labute approximate surface area is 130 Å². The van der Waals surface area contributed by atoms with Crippen LogP contribution in [-0.2, 0) is 0 Å². The van der Waals surface area contributed by atoms with Gasteiger partial charge in [-0.15, -0.1) is 11.3 Å². The molecule has 2 aromatic rings. The highest BCUT2D eigenvalue weighted by Crippen LogP contribution is 2.28. The number of fused-ring (bicyclic) bond motifs is 1. The van der Waals surface area contributed by atoms with Crippen molar-refractivity contribution in [2.24, 2.45) is 5.92 Å². The van der Waals surface area contributed by atoms with Crippen molar-refractivity contribution >= 4 is 33.3 Å². The molecule has 2 aromatic heterocycles. The molecule has 0 aliphatic heterocycles. The number of thiophene rings is 1. The highest BCUT2D eigenvalue weighted by molar-refractivity contribution is 7.16. The van der Waals surface area contributed by atoms with E-state index in [-0.39, 0.29) is 0 Å². The second-order valence-electron chi connectivity index (χ2n) is 5.85. The maximum atomic E-state index is 4.67. The van der Waals surface area contributed by atoms with E-state index >= 15 is 0 Å². The third kappa shape index (κ3) is 3.64. The van der Waals surface area contributed by atoms with Gasteiger partial charge in [-0.3, -0.25) is 0 Å². The van der Waals surface area contributed by atoms with Gasteiger partial charge in [0.2, 0.25) is 5.95 Å². The van der Waals surface area contributed by atoms with Gasteiger partial charge in [-0.2, -0.15) is 4.98 Å². The first-order valence-electron chi connectivity index (χ1n) is 8.10. The van der Waals surface area contributed by atoms with Gasteiger partial charge in [0.15, 0.2) is 0 Å². The van der Waals surface area contributed by atoms with Crippen molar-refractivity contribution < 1.29 is 0 Å². The second kappa shape index (κ2) is 7.07. The normalized spacial score (nSPS) is 16.2. The van der Waals surface area contributed by atoms with Crippen molar-refractivity contribution in [2.75, 3.05) is 23.7 Å². The fourth-order valence-corrected chi connectivity index (χ4v) is 3.70. The molecular formula is C16H24N4S. The highest BCUT2D eigenvalue weighted by Gasteiger charge is 2.15. The van der Waals surface area contributed by atoms with Crippen LogP contribution in [0.25, 0.3) is 10.2 Å². The average Bonchev–Trinajstić information content (AvgIpc) is 3.00. The van der Waals surface area contributed by atoms with Crippen molar-refractivity contribution in [1.82, 2.24) is 9.97 Å². The maximum Gasteiger partial charge on any atom is 0.226 e. The van der Waals surface area contributed by atoms with Crippen LogP contribution in [0.15, 0.2) is 11.4 Å². The van der Waals surface area contributed by atoms with Crippen molar-refractivity contribution in [3.8, 4) is 0 Å². The molecule has 0 radical (unpaired) electrons. The Bertz CT molecular complexity index is 575. The molecule has 0 aromatic carbocycles. The lowest BCUT2D eigenvalue weighted by Crippen LogP contribution is -2.18. The zero-order valence-electron chi connectivity index (χ0n) is 12.7. The lowest BCUT2D eigenvalue weighted by atomic mass is 9.89. The molecule has 0 unspecified atom stereocenters. The molecule has 5 heteroatoms. The fourth-order valence-electron chi connectivity index (χ4n) is 2.94. The van der Waals surface area contributed by atoms with Crippen LogP contribution in [0.5, 0.6) is 0 Å². The van der Waals surface area contributed by atoms with E-state index in [4.69, 9.17) is 0 Å². The minimum Gasteiger partial charge on any atom is -0.369 e. The number of anilines is 2. The fraction of sp³-hybridized carbons (Fsp3) is 0.625. The third-order valence-electron chi connectivity index (χ3n) is 4.14. The number of hydrogen-bond acceptors (Lipinski definition) is 5. The quantitative estimate of drug-likeness (QED) is 0.824. The largest absolute Gasteiger partial charge is 0.369 e. The van der Waals surface area contributed by atoms with Gasteiger partial charge < -0.3 is 10.6 Å². The third-order valence-corrected chi connectivity index (χ3v) is 4.95. The van der Waals surface area contributed by atoms with Crippen molar-refractivity contribution in [3.63, 3.8) is 0 Å². The zero-order valence-corrected chi connectivity index (χ0v) is 13.5. The summed E-state index contributed by atoms with van der Waals surface area (Å²) >= 11 is 1.68. The molecule has 114 valence electrons. The molecule has 0 atom stereocenters. The van der Waals surface area contributed by atoms with E-state index in [2.05, 4.69) is 39.0 Å². The lowest BCUT2D eigenvalue weighted by Gasteiger charge is -2.22. The molecular weight excluding hydrogens is 280 g/mol. The van der Waals surface area contributed by atoms with Crippen LogP contribution in [-0.4, -0.2) is 23.1 Å². The van der Waals surface area contributed by atoms with E-state index in [9.17, 15) is 0 Å². The Balaban J connectivity index is 1.73. The van der Waals surface area contributed by atoms with Gasteiger partial charge in [0.05, 0.1) is 5.39 Å². The zero-order chi connectivity index (χ0) is 14.5. The van der Waals surface area contributed by atoms with Gasteiger partial charge in [0.1, 0.15) is 10.6 Å². The number of aromatic nitrogens is 2. The molecule has 0 spiro atoms. The Hall–Kier alpha value is -1.36. The minimum absolute atomic E-state index is 0.748. The summed E-state index contributed by atoms with van der Waals surface area (Å²) in [6, 6.07) is 2.12. The summed E-state index contributed by atoms with van der Waals surface area (Å²) in [6.07, 6.45) is 7.96. The molecule has 21 heavy (non-hydrogen) atoms. The number of nitrogens with zero attached hydrogens (tertiary/aromatic N) is 2. The number of nitrogens with one attached hydrogen (secondary N) is 2. The highest BCUT2D eigenvalue weighted by atomic mass is 32.1. The van der Waals surface area contributed by atoms with Crippen LogP contribution >= 0.6 is 11.3 Å². The molecule has 2 N–H and O–H groups in total. The van der Waals surface area contributed by atoms with Crippen LogP contribution < -0.4 is 10.6 Å². The van der Waals surface area contributed by atoms with E-state index in [0.717, 1.165) is 47.4 Å². The number of rotatable bonds is 6. The maximum absolute atomic E-state index is 4.67. The molecule has 2 heterocycles. The Morgan fingerprint density at radius 3 is 2.86 bits per heavy atom. The average molecular weight is 304 g/mol. The molecule has 3 rings (SSSR count). The Morgan fingerprint density at radius 1 is 1.19 bits per heavy atom. The molecule has 0 amide bonds. The first-order valence-corrected chi connectivity index (χ1v) is 8.97. The van der Waals surface area contributed by atoms with Gasteiger partial charge >= 0.3 is 0 Å². The molecule has 1 fully saturated rings. The minimum atomic E-state index is 0.748. The Morgan fingerprint density at radius 2 is 2.05 bits per heavy atom. The second-order valence-corrected chi connectivity index (χ2v) is 6.74. The van der Waals surface area contributed by atoms with Gasteiger partial charge in [0.25, 0.3) is 0 Å². The predicted octanol–water partition coefficient (Wildman–Crippen LogP) is 4.51. The van der Waals surface area contributed by atoms with Gasteiger partial charge in [-0.1, -0.05) is 26.2 Å². The summed E-state index contributed by atoms with van der Waals surface area (Å²) in [4.78, 5) is 10.3. The molecule has 1 saturated carbocycles. The SMILES string of the molecule is CCCNc1nc(NCC2CCCCC2)c2ccsc2n1. The smallest absolute Gasteiger partial charge is 0.226 e. The van der Waals surface area contributed by atoms with E-state index in [1.165, 1.54) is 32.1 Å². The summed E-state index contributed by atoms with van der Waals surface area (Å²) in [7, 11) is 0. The van der Waals surface area contributed by atoms with Gasteiger partial charge in [0, 0.05) is 13.1 Å². The van der Waals surface area contributed by atoms with Gasteiger partial charge in [-0.05, 0) is 36.6 Å². The molecule has 0 bridgehead atoms. The summed E-state index contributed by atoms with van der Waals surface area (Å²) in [5, 5.41) is 10.1. The summed E-state index contributed by atoms with van der Waals surface area (Å²) in [5.41, 5.74) is 0. The van der Waals surface area contributed by atoms with Gasteiger partial charge in [-0.25, -0.2) is 4.98 Å². The first kappa shape index (κ1) is 14.6. The van der Waals surface area contributed by atoms with Crippen LogP contribution in [0.1, 0.15) is 45.4 Å². The van der Waals surface area contributed by atoms with Crippen LogP contribution in [0.4, 0.5) is 11.8 Å². The standard InChI is InChI=1S/C16H24N4S/c1-2-9-17-16-19-14(13-8-10-21-15(13)20-16)18-11-12-6-4-3-5-7-12/h8,10,12H,2-7,9,11H2,1H3,(H2,17,18,19,20). The van der Waals surface area contributed by atoms with Crippen molar-refractivity contribution in [2.45, 2.75) is 45.4 Å². The summed E-state index contributed by atoms with van der Waals surface area (Å²) < 4.78 is 0. The Kier molecular flexibility index (Phi) is 4.91. The van der Waals surface area contributed by atoms with E-state index in [0.29, 0.717) is 0 Å². The lowest BCUT2D eigenvalue weighted by molar-refractivity contribution is 0.373. The topological polar surface area (TPSA) is 49.8 Å². The van der Waals surface area contributed by atoms with E-state index < -0.39 is 0 Å².